The van der Waals surface area contributed by atoms with Crippen LogP contribution in [0.2, 0.25) is 0 Å². The average molecular weight is 331 g/mol. The molecule has 1 aliphatic heterocycles. The first-order valence-corrected chi connectivity index (χ1v) is 7.51. The maximum absolute atomic E-state index is 12.0. The molecule has 114 valence electrons. The Morgan fingerprint density at radius 2 is 1.95 bits per heavy atom. The van der Waals surface area contributed by atoms with Crippen molar-refractivity contribution in [2.75, 3.05) is 13.1 Å². The first-order chi connectivity index (χ1) is 9.97. The number of carbonyl (C=O) groups is 2. The van der Waals surface area contributed by atoms with Gasteiger partial charge in [0.15, 0.2) is 4.84 Å². The number of aromatic hydroxyl groups is 1. The summed E-state index contributed by atoms with van der Waals surface area (Å²) in [6.45, 7) is 1.03. The number of benzene rings is 1. The molecule has 0 atom stereocenters. The minimum absolute atomic E-state index is 0.00648. The highest BCUT2D eigenvalue weighted by Gasteiger charge is 2.26. The summed E-state index contributed by atoms with van der Waals surface area (Å²) in [4.78, 5) is 24.2. The maximum Gasteiger partial charge on any atom is 0.255 e. The summed E-state index contributed by atoms with van der Waals surface area (Å²) in [5.74, 6) is -0.474. The van der Waals surface area contributed by atoms with Crippen LogP contribution in [0.25, 0.3) is 0 Å². The fourth-order valence-corrected chi connectivity index (χ4v) is 2.57. The molecule has 0 bridgehead atoms. The second-order valence-corrected chi connectivity index (χ2v) is 6.02. The molecule has 0 saturated carbocycles. The van der Waals surface area contributed by atoms with Crippen molar-refractivity contribution in [3.8, 4) is 5.75 Å². The molecule has 0 aliphatic carbocycles. The minimum atomic E-state index is -1.04. The Labute approximate surface area is 132 Å². The van der Waals surface area contributed by atoms with Gasteiger partial charge in [0.05, 0.1) is 0 Å². The number of phenols is 1. The van der Waals surface area contributed by atoms with Crippen molar-refractivity contribution in [3.05, 3.63) is 29.8 Å². The average Bonchev–Trinajstić information content (AvgIpc) is 2.47. The number of rotatable bonds is 3. The lowest BCUT2D eigenvalue weighted by molar-refractivity contribution is -0.130. The molecule has 1 saturated heterocycles. The van der Waals surface area contributed by atoms with Crippen LogP contribution in [0, 0.1) is 0 Å². The number of halogens is 2. The number of amides is 2. The van der Waals surface area contributed by atoms with Crippen molar-refractivity contribution in [2.24, 2.45) is 0 Å². The van der Waals surface area contributed by atoms with Crippen molar-refractivity contribution < 1.29 is 14.7 Å². The van der Waals surface area contributed by atoms with Crippen molar-refractivity contribution in [1.82, 2.24) is 10.2 Å². The van der Waals surface area contributed by atoms with Gasteiger partial charge in [-0.05, 0) is 31.0 Å². The molecule has 1 aromatic rings. The first kappa shape index (κ1) is 15.9. The normalized spacial score (nSPS) is 16.0. The van der Waals surface area contributed by atoms with E-state index in [2.05, 4.69) is 5.32 Å². The van der Waals surface area contributed by atoms with Crippen LogP contribution in [0.15, 0.2) is 24.3 Å². The van der Waals surface area contributed by atoms with Crippen LogP contribution in [0.5, 0.6) is 5.75 Å². The topological polar surface area (TPSA) is 69.6 Å². The van der Waals surface area contributed by atoms with E-state index in [-0.39, 0.29) is 23.6 Å². The Morgan fingerprint density at radius 1 is 1.29 bits per heavy atom. The number of phenolic OH excluding ortho intramolecular Hbond substituents is 1. The number of nitrogens with zero attached hydrogens (tertiary/aromatic N) is 1. The molecule has 1 aliphatic rings. The molecule has 1 heterocycles. The van der Waals surface area contributed by atoms with Crippen molar-refractivity contribution in [1.29, 1.82) is 0 Å². The van der Waals surface area contributed by atoms with Gasteiger partial charge in [0.1, 0.15) is 5.75 Å². The molecule has 21 heavy (non-hydrogen) atoms. The van der Waals surface area contributed by atoms with Gasteiger partial charge in [0.2, 0.25) is 0 Å². The van der Waals surface area contributed by atoms with Gasteiger partial charge in [-0.2, -0.15) is 0 Å². The van der Waals surface area contributed by atoms with Gasteiger partial charge in [-0.15, -0.1) is 0 Å². The highest BCUT2D eigenvalue weighted by atomic mass is 35.5. The largest absolute Gasteiger partial charge is 0.508 e. The van der Waals surface area contributed by atoms with Crippen LogP contribution >= 0.6 is 23.2 Å². The molecule has 1 aromatic carbocycles. The number of hydrogen-bond acceptors (Lipinski definition) is 3. The molecule has 0 radical (unpaired) electrons. The quantitative estimate of drug-likeness (QED) is 0.832. The molecule has 2 rings (SSSR count). The molecule has 1 fully saturated rings. The van der Waals surface area contributed by atoms with Crippen molar-refractivity contribution >= 4 is 35.0 Å². The molecular formula is C14H16Cl2N2O3. The Bertz CT molecular complexity index is 529. The fraction of sp³-hybridized carbons (Fsp3) is 0.429. The number of likely N-dealkylation sites (tertiary alicyclic amines) is 1. The van der Waals surface area contributed by atoms with Crippen LogP contribution in [0.1, 0.15) is 23.2 Å². The third-order valence-electron chi connectivity index (χ3n) is 3.44. The number of hydrogen-bond donors (Lipinski definition) is 2. The second-order valence-electron chi connectivity index (χ2n) is 4.92. The van der Waals surface area contributed by atoms with Crippen LogP contribution < -0.4 is 5.32 Å². The highest BCUT2D eigenvalue weighted by Crippen LogP contribution is 2.16. The lowest BCUT2D eigenvalue weighted by Crippen LogP contribution is -2.47. The van der Waals surface area contributed by atoms with E-state index in [1.807, 2.05) is 0 Å². The monoisotopic (exact) mass is 330 g/mol. The summed E-state index contributed by atoms with van der Waals surface area (Å²) >= 11 is 11.1. The van der Waals surface area contributed by atoms with Crippen LogP contribution in [-0.2, 0) is 4.79 Å². The molecular weight excluding hydrogens is 315 g/mol. The van der Waals surface area contributed by atoms with Gasteiger partial charge in [-0.25, -0.2) is 0 Å². The summed E-state index contributed by atoms with van der Waals surface area (Å²) in [5.41, 5.74) is 0.412. The van der Waals surface area contributed by atoms with Gasteiger partial charge < -0.3 is 15.3 Å². The van der Waals surface area contributed by atoms with Crippen molar-refractivity contribution in [2.45, 2.75) is 23.7 Å². The van der Waals surface area contributed by atoms with E-state index < -0.39 is 4.84 Å². The summed E-state index contributed by atoms with van der Waals surface area (Å²) in [6, 6.07) is 6.18. The first-order valence-electron chi connectivity index (χ1n) is 6.64. The number of alkyl halides is 2. The van der Waals surface area contributed by atoms with E-state index in [4.69, 9.17) is 23.2 Å². The van der Waals surface area contributed by atoms with Crippen LogP contribution in [0.4, 0.5) is 0 Å². The highest BCUT2D eigenvalue weighted by molar-refractivity contribution is 6.53. The Kier molecular flexibility index (Phi) is 5.31. The summed E-state index contributed by atoms with van der Waals surface area (Å²) < 4.78 is 0. The van der Waals surface area contributed by atoms with Gasteiger partial charge in [0, 0.05) is 24.7 Å². The predicted octanol–water partition coefficient (Wildman–Crippen LogP) is 1.92. The van der Waals surface area contributed by atoms with E-state index in [9.17, 15) is 14.7 Å². The minimum Gasteiger partial charge on any atom is -0.508 e. The SMILES string of the molecule is O=C(NC1CCN(C(=O)C(Cl)Cl)CC1)c1cccc(O)c1. The van der Waals surface area contributed by atoms with Crippen molar-refractivity contribution in [3.63, 3.8) is 0 Å². The number of carbonyl (C=O) groups excluding carboxylic acids is 2. The molecule has 5 nitrogen and oxygen atoms in total. The molecule has 7 heteroatoms. The lowest BCUT2D eigenvalue weighted by Gasteiger charge is -2.32. The molecule has 0 aromatic heterocycles. The molecule has 0 spiro atoms. The number of nitrogens with one attached hydrogen (secondary N) is 1. The zero-order valence-electron chi connectivity index (χ0n) is 11.3. The van der Waals surface area contributed by atoms with Gasteiger partial charge >= 0.3 is 0 Å². The van der Waals surface area contributed by atoms with Crippen LogP contribution in [-0.4, -0.2) is 45.8 Å². The van der Waals surface area contributed by atoms with Gasteiger partial charge in [0.25, 0.3) is 11.8 Å². The van der Waals surface area contributed by atoms with E-state index in [0.717, 1.165) is 0 Å². The summed E-state index contributed by atoms with van der Waals surface area (Å²) in [5, 5.41) is 12.3. The molecule has 2 N–H and O–H groups in total. The summed E-state index contributed by atoms with van der Waals surface area (Å²) in [7, 11) is 0. The lowest BCUT2D eigenvalue weighted by atomic mass is 10.0. The molecule has 2 amide bonds. The standard InChI is InChI=1S/C14H16Cl2N2O3/c15-12(16)14(21)18-6-4-10(5-7-18)17-13(20)9-2-1-3-11(19)8-9/h1-3,8,10,12,19H,4-7H2,(H,17,20). The van der Waals surface area contributed by atoms with E-state index in [0.29, 0.717) is 31.5 Å². The van der Waals surface area contributed by atoms with Gasteiger partial charge in [-0.1, -0.05) is 29.3 Å². The van der Waals surface area contributed by atoms with E-state index in [1.165, 1.54) is 12.1 Å². The predicted molar refractivity (Wildman–Crippen MR) is 80.7 cm³/mol. The Morgan fingerprint density at radius 3 is 2.52 bits per heavy atom. The zero-order chi connectivity index (χ0) is 15.4. The molecule has 0 unspecified atom stereocenters. The van der Waals surface area contributed by atoms with E-state index in [1.54, 1.807) is 17.0 Å². The Balaban J connectivity index is 1.86. The second kappa shape index (κ2) is 7.00. The number of piperidine rings is 1. The van der Waals surface area contributed by atoms with Crippen LogP contribution in [0.3, 0.4) is 0 Å². The summed E-state index contributed by atoms with van der Waals surface area (Å²) in [6.07, 6.45) is 1.30. The maximum atomic E-state index is 12.0. The Hall–Kier alpha value is -1.46. The fourth-order valence-electron chi connectivity index (χ4n) is 2.30. The third-order valence-corrected chi connectivity index (χ3v) is 3.81. The van der Waals surface area contributed by atoms with Gasteiger partial charge in [-0.3, -0.25) is 9.59 Å². The zero-order valence-corrected chi connectivity index (χ0v) is 12.8. The third kappa shape index (κ3) is 4.25. The smallest absolute Gasteiger partial charge is 0.255 e. The van der Waals surface area contributed by atoms with E-state index >= 15 is 0 Å².